The van der Waals surface area contributed by atoms with Gasteiger partial charge in [-0.25, -0.2) is 9.67 Å². The summed E-state index contributed by atoms with van der Waals surface area (Å²) in [5, 5.41) is 4.95. The van der Waals surface area contributed by atoms with Crippen LogP contribution in [0.5, 0.6) is 11.5 Å². The third-order valence-electron chi connectivity index (χ3n) is 3.00. The molecule has 114 valence electrons. The Hall–Kier alpha value is -1.56. The molecule has 2 aromatic rings. The first-order valence-electron chi connectivity index (χ1n) is 6.87. The predicted molar refractivity (Wildman–Crippen MR) is 84.8 cm³/mol. The minimum Gasteiger partial charge on any atom is -0.493 e. The van der Waals surface area contributed by atoms with E-state index in [1.807, 2.05) is 22.9 Å². The fourth-order valence-corrected chi connectivity index (χ4v) is 2.47. The Morgan fingerprint density at radius 2 is 2.14 bits per heavy atom. The molecule has 0 radical (unpaired) electrons. The summed E-state index contributed by atoms with van der Waals surface area (Å²) in [5.74, 6) is 2.79. The monoisotopic (exact) mass is 353 g/mol. The molecule has 0 aliphatic carbocycles. The number of aromatic nitrogens is 3. The number of methoxy groups -OCH3 is 1. The van der Waals surface area contributed by atoms with Gasteiger partial charge in [-0.15, -0.1) is 0 Å². The summed E-state index contributed by atoms with van der Waals surface area (Å²) in [6, 6.07) is 5.84. The zero-order valence-electron chi connectivity index (χ0n) is 12.5. The minimum atomic E-state index is 0.368. The summed E-state index contributed by atoms with van der Waals surface area (Å²) in [7, 11) is 1.64. The number of nitrogens with zero attached hydrogens (tertiary/aromatic N) is 3. The molecule has 0 aliphatic rings. The molecule has 1 aromatic heterocycles. The second-order valence-electron chi connectivity index (χ2n) is 5.12. The molecule has 1 aromatic carbocycles. The van der Waals surface area contributed by atoms with Gasteiger partial charge in [-0.05, 0) is 12.0 Å². The molecule has 0 fully saturated rings. The normalized spacial score (nSPS) is 10.9. The lowest BCUT2D eigenvalue weighted by Gasteiger charge is -2.14. The van der Waals surface area contributed by atoms with Gasteiger partial charge in [-0.1, -0.05) is 41.9 Å². The maximum absolute atomic E-state index is 5.94. The van der Waals surface area contributed by atoms with Gasteiger partial charge >= 0.3 is 0 Å². The van der Waals surface area contributed by atoms with Gasteiger partial charge in [0.25, 0.3) is 0 Å². The summed E-state index contributed by atoms with van der Waals surface area (Å²) in [5.41, 5.74) is 1.05. The van der Waals surface area contributed by atoms with Crippen molar-refractivity contribution >= 4 is 15.9 Å². The average Bonchev–Trinajstić information content (AvgIpc) is 2.91. The van der Waals surface area contributed by atoms with Gasteiger partial charge < -0.3 is 9.47 Å². The molecule has 0 amide bonds. The van der Waals surface area contributed by atoms with E-state index in [-0.39, 0.29) is 0 Å². The molecular formula is C15H20BrN3O2. The van der Waals surface area contributed by atoms with Crippen LogP contribution in [0.1, 0.15) is 25.2 Å². The van der Waals surface area contributed by atoms with E-state index < -0.39 is 0 Å². The SMILES string of the molecule is COc1cccc(CBr)c1OCc1ncnn1CC(C)C. The van der Waals surface area contributed by atoms with Crippen LogP contribution >= 0.6 is 15.9 Å². The van der Waals surface area contributed by atoms with Crippen molar-refractivity contribution in [2.75, 3.05) is 7.11 Å². The van der Waals surface area contributed by atoms with Crippen LogP contribution in [-0.4, -0.2) is 21.9 Å². The van der Waals surface area contributed by atoms with E-state index in [2.05, 4.69) is 39.9 Å². The van der Waals surface area contributed by atoms with Crippen molar-refractivity contribution in [3.63, 3.8) is 0 Å². The van der Waals surface area contributed by atoms with E-state index in [1.54, 1.807) is 13.4 Å². The Morgan fingerprint density at radius 1 is 1.33 bits per heavy atom. The molecule has 2 rings (SSSR count). The van der Waals surface area contributed by atoms with E-state index in [9.17, 15) is 0 Å². The molecule has 1 heterocycles. The van der Waals surface area contributed by atoms with Crippen molar-refractivity contribution in [3.05, 3.63) is 35.9 Å². The van der Waals surface area contributed by atoms with E-state index in [4.69, 9.17) is 9.47 Å². The van der Waals surface area contributed by atoms with E-state index in [0.717, 1.165) is 29.4 Å². The summed E-state index contributed by atoms with van der Waals surface area (Å²) in [4.78, 5) is 4.27. The van der Waals surface area contributed by atoms with Crippen molar-refractivity contribution in [3.8, 4) is 11.5 Å². The van der Waals surface area contributed by atoms with Gasteiger partial charge in [0.2, 0.25) is 0 Å². The quantitative estimate of drug-likeness (QED) is 0.715. The molecule has 21 heavy (non-hydrogen) atoms. The second-order valence-corrected chi connectivity index (χ2v) is 5.68. The zero-order chi connectivity index (χ0) is 15.2. The lowest BCUT2D eigenvalue weighted by Crippen LogP contribution is -2.12. The Kier molecular flexibility index (Phi) is 5.61. The van der Waals surface area contributed by atoms with Gasteiger partial charge in [0.1, 0.15) is 12.9 Å². The molecule has 0 N–H and O–H groups in total. The van der Waals surface area contributed by atoms with Crippen LogP contribution < -0.4 is 9.47 Å². The summed E-state index contributed by atoms with van der Waals surface area (Å²) >= 11 is 3.47. The molecule has 0 unspecified atom stereocenters. The maximum Gasteiger partial charge on any atom is 0.165 e. The fraction of sp³-hybridized carbons (Fsp3) is 0.467. The summed E-state index contributed by atoms with van der Waals surface area (Å²) < 4.78 is 13.2. The Morgan fingerprint density at radius 3 is 2.81 bits per heavy atom. The Balaban J connectivity index is 2.15. The van der Waals surface area contributed by atoms with Crippen LogP contribution in [0, 0.1) is 5.92 Å². The molecule has 0 atom stereocenters. The van der Waals surface area contributed by atoms with Crippen LogP contribution in [0.4, 0.5) is 0 Å². The fourth-order valence-electron chi connectivity index (χ4n) is 2.03. The largest absolute Gasteiger partial charge is 0.493 e. The number of halogens is 1. The van der Waals surface area contributed by atoms with Gasteiger partial charge in [0.05, 0.1) is 7.11 Å². The Bertz CT molecular complexity index is 562. The lowest BCUT2D eigenvalue weighted by molar-refractivity contribution is 0.264. The number of rotatable bonds is 7. The van der Waals surface area contributed by atoms with E-state index in [0.29, 0.717) is 17.9 Å². The summed E-state index contributed by atoms with van der Waals surface area (Å²) in [6.45, 7) is 5.49. The number of para-hydroxylation sites is 1. The van der Waals surface area contributed by atoms with Gasteiger partial charge in [0, 0.05) is 17.4 Å². The first-order valence-corrected chi connectivity index (χ1v) is 7.99. The van der Waals surface area contributed by atoms with Crippen molar-refractivity contribution in [2.24, 2.45) is 5.92 Å². The van der Waals surface area contributed by atoms with Crippen LogP contribution in [-0.2, 0) is 18.5 Å². The highest BCUT2D eigenvalue weighted by atomic mass is 79.9. The van der Waals surface area contributed by atoms with Gasteiger partial charge in [-0.2, -0.15) is 5.10 Å². The van der Waals surface area contributed by atoms with E-state index >= 15 is 0 Å². The number of hydrogen-bond donors (Lipinski definition) is 0. The van der Waals surface area contributed by atoms with Crippen molar-refractivity contribution in [2.45, 2.75) is 32.3 Å². The molecule has 5 nitrogen and oxygen atoms in total. The number of alkyl halides is 1. The molecule has 0 bridgehead atoms. The third-order valence-corrected chi connectivity index (χ3v) is 3.61. The van der Waals surface area contributed by atoms with Crippen molar-refractivity contribution in [1.29, 1.82) is 0 Å². The first kappa shape index (κ1) is 15.8. The highest BCUT2D eigenvalue weighted by Gasteiger charge is 2.12. The highest BCUT2D eigenvalue weighted by molar-refractivity contribution is 9.08. The lowest BCUT2D eigenvalue weighted by atomic mass is 10.2. The molecule has 0 saturated heterocycles. The predicted octanol–water partition coefficient (Wildman–Crippen LogP) is 3.42. The van der Waals surface area contributed by atoms with Gasteiger partial charge in [0.15, 0.2) is 17.3 Å². The Labute approximate surface area is 133 Å². The topological polar surface area (TPSA) is 49.2 Å². The van der Waals surface area contributed by atoms with Crippen LogP contribution in [0.3, 0.4) is 0 Å². The van der Waals surface area contributed by atoms with Crippen molar-refractivity contribution in [1.82, 2.24) is 14.8 Å². The van der Waals surface area contributed by atoms with Crippen LogP contribution in [0.25, 0.3) is 0 Å². The third kappa shape index (κ3) is 3.97. The number of ether oxygens (including phenoxy) is 2. The van der Waals surface area contributed by atoms with Crippen LogP contribution in [0.2, 0.25) is 0 Å². The molecule has 6 heteroatoms. The standard InChI is InChI=1S/C15H20BrN3O2/c1-11(2)8-19-14(17-10-18-19)9-21-15-12(7-16)5-4-6-13(15)20-3/h4-6,10-11H,7-9H2,1-3H3. The smallest absolute Gasteiger partial charge is 0.165 e. The average molecular weight is 354 g/mol. The number of hydrogen-bond acceptors (Lipinski definition) is 4. The van der Waals surface area contributed by atoms with Gasteiger partial charge in [-0.3, -0.25) is 0 Å². The zero-order valence-corrected chi connectivity index (χ0v) is 14.1. The van der Waals surface area contributed by atoms with Crippen molar-refractivity contribution < 1.29 is 9.47 Å². The molecular weight excluding hydrogens is 334 g/mol. The molecule has 0 aliphatic heterocycles. The molecule has 0 spiro atoms. The highest BCUT2D eigenvalue weighted by Crippen LogP contribution is 2.32. The maximum atomic E-state index is 5.94. The first-order chi connectivity index (χ1) is 10.2. The van der Waals surface area contributed by atoms with E-state index in [1.165, 1.54) is 0 Å². The summed E-state index contributed by atoms with van der Waals surface area (Å²) in [6.07, 6.45) is 1.56. The molecule has 0 saturated carbocycles. The minimum absolute atomic E-state index is 0.368. The second kappa shape index (κ2) is 7.45. The number of benzene rings is 1. The van der Waals surface area contributed by atoms with Crippen LogP contribution in [0.15, 0.2) is 24.5 Å².